The third kappa shape index (κ3) is 2.16. The van der Waals surface area contributed by atoms with Crippen molar-refractivity contribution in [2.45, 2.75) is 6.42 Å². The number of aryl methyl sites for hydroxylation is 1. The molecule has 0 atom stereocenters. The molecule has 1 aromatic heterocycles. The number of aromatic nitrogens is 2. The van der Waals surface area contributed by atoms with Crippen LogP contribution in [0, 0.1) is 11.6 Å². The van der Waals surface area contributed by atoms with Crippen LogP contribution in [0.2, 0.25) is 0 Å². The van der Waals surface area contributed by atoms with E-state index in [0.29, 0.717) is 17.0 Å². The number of nitrogens with zero attached hydrogens (tertiary/aromatic N) is 3. The monoisotopic (exact) mass is 266 g/mol. The van der Waals surface area contributed by atoms with Crippen LogP contribution in [0.25, 0.3) is 11.0 Å². The van der Waals surface area contributed by atoms with Crippen LogP contribution in [0.15, 0.2) is 12.1 Å². The van der Waals surface area contributed by atoms with Gasteiger partial charge in [0.2, 0.25) is 5.95 Å². The Balaban J connectivity index is 2.08. The molecule has 1 aliphatic rings. The van der Waals surface area contributed by atoms with Crippen LogP contribution >= 0.6 is 0 Å². The SMILES string of the molecule is Cn1c(N2CCCNCC2)nc2cc(F)cc(F)c21. The number of halogens is 2. The van der Waals surface area contributed by atoms with E-state index in [1.807, 2.05) is 0 Å². The molecule has 3 rings (SSSR count). The molecule has 1 N–H and O–H groups in total. The Morgan fingerprint density at radius 1 is 1.21 bits per heavy atom. The van der Waals surface area contributed by atoms with Gasteiger partial charge in [-0.1, -0.05) is 0 Å². The second-order valence-electron chi connectivity index (χ2n) is 4.82. The van der Waals surface area contributed by atoms with E-state index in [9.17, 15) is 8.78 Å². The minimum atomic E-state index is -0.591. The maximum absolute atomic E-state index is 13.8. The highest BCUT2D eigenvalue weighted by Crippen LogP contribution is 2.25. The molecule has 6 heteroatoms. The molecule has 1 aliphatic heterocycles. The summed E-state index contributed by atoms with van der Waals surface area (Å²) in [5, 5.41) is 3.31. The Labute approximate surface area is 110 Å². The van der Waals surface area contributed by atoms with Crippen LogP contribution in [0.4, 0.5) is 14.7 Å². The zero-order valence-electron chi connectivity index (χ0n) is 10.8. The quantitative estimate of drug-likeness (QED) is 0.852. The lowest BCUT2D eigenvalue weighted by atomic mass is 10.3. The highest BCUT2D eigenvalue weighted by atomic mass is 19.1. The summed E-state index contributed by atoms with van der Waals surface area (Å²) >= 11 is 0. The number of hydrogen-bond acceptors (Lipinski definition) is 3. The summed E-state index contributed by atoms with van der Waals surface area (Å²) in [5.41, 5.74) is 0.723. The first kappa shape index (κ1) is 12.3. The normalized spacial score (nSPS) is 16.9. The number of rotatable bonds is 1. The predicted molar refractivity (Wildman–Crippen MR) is 70.3 cm³/mol. The number of hydrogen-bond donors (Lipinski definition) is 1. The third-order valence-electron chi connectivity index (χ3n) is 3.49. The fourth-order valence-electron chi connectivity index (χ4n) is 2.58. The molecule has 0 unspecified atom stereocenters. The average Bonchev–Trinajstić information content (AvgIpc) is 2.56. The summed E-state index contributed by atoms with van der Waals surface area (Å²) in [4.78, 5) is 6.49. The van der Waals surface area contributed by atoms with Crippen molar-refractivity contribution in [3.05, 3.63) is 23.8 Å². The van der Waals surface area contributed by atoms with Gasteiger partial charge in [-0.2, -0.15) is 0 Å². The van der Waals surface area contributed by atoms with Gasteiger partial charge in [-0.25, -0.2) is 13.8 Å². The summed E-state index contributed by atoms with van der Waals surface area (Å²) in [5.74, 6) is -0.459. The van der Waals surface area contributed by atoms with Crippen molar-refractivity contribution in [2.24, 2.45) is 7.05 Å². The molecule has 0 bridgehead atoms. The topological polar surface area (TPSA) is 33.1 Å². The molecule has 0 amide bonds. The lowest BCUT2D eigenvalue weighted by molar-refractivity contribution is 0.588. The molecule has 1 aromatic carbocycles. The van der Waals surface area contributed by atoms with E-state index in [1.54, 1.807) is 11.6 Å². The van der Waals surface area contributed by atoms with Crippen LogP contribution in [0.5, 0.6) is 0 Å². The summed E-state index contributed by atoms with van der Waals surface area (Å²) in [6, 6.07) is 2.18. The summed E-state index contributed by atoms with van der Waals surface area (Å²) in [6.45, 7) is 3.54. The Morgan fingerprint density at radius 3 is 2.89 bits per heavy atom. The van der Waals surface area contributed by atoms with Gasteiger partial charge in [-0.3, -0.25) is 0 Å². The van der Waals surface area contributed by atoms with Crippen molar-refractivity contribution >= 4 is 17.0 Å². The number of benzene rings is 1. The minimum absolute atomic E-state index is 0.355. The summed E-state index contributed by atoms with van der Waals surface area (Å²) in [7, 11) is 1.77. The molecule has 0 radical (unpaired) electrons. The van der Waals surface area contributed by atoms with Crippen molar-refractivity contribution in [1.82, 2.24) is 14.9 Å². The van der Waals surface area contributed by atoms with Gasteiger partial charge in [0, 0.05) is 38.8 Å². The molecular formula is C13H16F2N4. The van der Waals surface area contributed by atoms with Gasteiger partial charge >= 0.3 is 0 Å². The first-order valence-corrected chi connectivity index (χ1v) is 6.44. The van der Waals surface area contributed by atoms with E-state index in [4.69, 9.17) is 0 Å². The molecular weight excluding hydrogens is 250 g/mol. The van der Waals surface area contributed by atoms with E-state index >= 15 is 0 Å². The van der Waals surface area contributed by atoms with E-state index in [0.717, 1.165) is 38.7 Å². The van der Waals surface area contributed by atoms with Crippen molar-refractivity contribution in [2.75, 3.05) is 31.1 Å². The molecule has 19 heavy (non-hydrogen) atoms. The number of imidazole rings is 1. The van der Waals surface area contributed by atoms with Gasteiger partial charge in [-0.05, 0) is 13.0 Å². The second-order valence-corrected chi connectivity index (χ2v) is 4.82. The average molecular weight is 266 g/mol. The first-order chi connectivity index (χ1) is 9.16. The van der Waals surface area contributed by atoms with Crippen LogP contribution in [0.1, 0.15) is 6.42 Å². The van der Waals surface area contributed by atoms with Gasteiger partial charge in [0.1, 0.15) is 11.3 Å². The maximum Gasteiger partial charge on any atom is 0.206 e. The fourth-order valence-corrected chi connectivity index (χ4v) is 2.58. The van der Waals surface area contributed by atoms with Crippen LogP contribution in [0.3, 0.4) is 0 Å². The van der Waals surface area contributed by atoms with E-state index < -0.39 is 11.6 Å². The predicted octanol–water partition coefficient (Wildman–Crippen LogP) is 1.65. The molecule has 1 fully saturated rings. The zero-order chi connectivity index (χ0) is 13.4. The minimum Gasteiger partial charge on any atom is -0.341 e. The van der Waals surface area contributed by atoms with Gasteiger partial charge in [0.25, 0.3) is 0 Å². The van der Waals surface area contributed by atoms with Crippen molar-refractivity contribution in [3.63, 3.8) is 0 Å². The Hall–Kier alpha value is -1.69. The number of fused-ring (bicyclic) bond motifs is 1. The van der Waals surface area contributed by atoms with Gasteiger partial charge in [-0.15, -0.1) is 0 Å². The van der Waals surface area contributed by atoms with Gasteiger partial charge < -0.3 is 14.8 Å². The van der Waals surface area contributed by atoms with Crippen LogP contribution in [-0.2, 0) is 7.05 Å². The lowest BCUT2D eigenvalue weighted by Crippen LogP contribution is -2.30. The highest BCUT2D eigenvalue weighted by Gasteiger charge is 2.19. The second kappa shape index (κ2) is 4.77. The van der Waals surface area contributed by atoms with Gasteiger partial charge in [0.15, 0.2) is 5.82 Å². The maximum atomic E-state index is 13.8. The molecule has 1 saturated heterocycles. The van der Waals surface area contributed by atoms with Crippen molar-refractivity contribution < 1.29 is 8.78 Å². The molecule has 102 valence electrons. The summed E-state index contributed by atoms with van der Waals surface area (Å²) in [6.07, 6.45) is 1.01. The van der Waals surface area contributed by atoms with Crippen LogP contribution in [-0.4, -0.2) is 35.7 Å². The number of nitrogens with one attached hydrogen (secondary N) is 1. The van der Waals surface area contributed by atoms with E-state index in [2.05, 4.69) is 15.2 Å². The Bertz CT molecular complexity index is 600. The Kier molecular flexibility index (Phi) is 3.10. The van der Waals surface area contributed by atoms with E-state index in [-0.39, 0.29) is 0 Å². The van der Waals surface area contributed by atoms with Gasteiger partial charge in [0.05, 0.1) is 5.52 Å². The standard InChI is InChI=1S/C13H16F2N4/c1-18-12-10(15)7-9(14)8-11(12)17-13(18)19-5-2-3-16-4-6-19/h7-8,16H,2-6H2,1H3. The zero-order valence-corrected chi connectivity index (χ0v) is 10.8. The van der Waals surface area contributed by atoms with Crippen molar-refractivity contribution in [3.8, 4) is 0 Å². The third-order valence-corrected chi connectivity index (χ3v) is 3.49. The molecule has 4 nitrogen and oxygen atoms in total. The van der Waals surface area contributed by atoms with E-state index in [1.165, 1.54) is 6.07 Å². The van der Waals surface area contributed by atoms with Crippen molar-refractivity contribution in [1.29, 1.82) is 0 Å². The number of anilines is 1. The largest absolute Gasteiger partial charge is 0.341 e. The smallest absolute Gasteiger partial charge is 0.206 e. The summed E-state index contributed by atoms with van der Waals surface area (Å²) < 4.78 is 28.8. The first-order valence-electron chi connectivity index (χ1n) is 6.44. The highest BCUT2D eigenvalue weighted by molar-refractivity contribution is 5.79. The molecule has 2 heterocycles. The molecule has 2 aromatic rings. The fraction of sp³-hybridized carbons (Fsp3) is 0.462. The molecule has 0 saturated carbocycles. The lowest BCUT2D eigenvalue weighted by Gasteiger charge is -2.20. The molecule has 0 aliphatic carbocycles. The van der Waals surface area contributed by atoms with Crippen LogP contribution < -0.4 is 10.2 Å². The Morgan fingerprint density at radius 2 is 2.05 bits per heavy atom. The molecule has 0 spiro atoms.